The minimum Gasteiger partial charge on any atom is -0.312 e. The van der Waals surface area contributed by atoms with Gasteiger partial charge < -0.3 is 5.32 Å². The normalized spacial score (nSPS) is 12.2. The van der Waals surface area contributed by atoms with Crippen LogP contribution in [0.4, 0.5) is 0 Å². The quantitative estimate of drug-likeness (QED) is 0.766. The molecule has 1 aromatic carbocycles. The first kappa shape index (κ1) is 15.9. The van der Waals surface area contributed by atoms with Crippen molar-refractivity contribution in [1.82, 2.24) is 5.32 Å². The molecule has 0 unspecified atom stereocenters. The number of halogens is 1. The van der Waals surface area contributed by atoms with Crippen molar-refractivity contribution in [2.75, 3.05) is 6.54 Å². The Kier molecular flexibility index (Phi) is 6.03. The Bertz CT molecular complexity index is 383. The minimum absolute atomic E-state index is 0.206. The maximum absolute atomic E-state index is 6.10. The lowest BCUT2D eigenvalue weighted by molar-refractivity contribution is 0.550. The summed E-state index contributed by atoms with van der Waals surface area (Å²) in [6, 6.07) is 6.17. The summed E-state index contributed by atoms with van der Waals surface area (Å²) < 4.78 is 0.206. The second kappa shape index (κ2) is 6.83. The molecule has 1 N–H and O–H groups in total. The fourth-order valence-corrected chi connectivity index (χ4v) is 2.95. The van der Waals surface area contributed by atoms with Gasteiger partial charge in [0.05, 0.1) is 0 Å². The highest BCUT2D eigenvalue weighted by molar-refractivity contribution is 8.00. The Morgan fingerprint density at radius 2 is 1.94 bits per heavy atom. The molecule has 1 rings (SSSR count). The Labute approximate surface area is 121 Å². The minimum atomic E-state index is 0.206. The van der Waals surface area contributed by atoms with Crippen LogP contribution in [-0.4, -0.2) is 11.3 Å². The van der Waals surface area contributed by atoms with Gasteiger partial charge in [-0.15, -0.1) is 11.8 Å². The summed E-state index contributed by atoms with van der Waals surface area (Å²) in [6.07, 6.45) is 0. The van der Waals surface area contributed by atoms with E-state index >= 15 is 0 Å². The van der Waals surface area contributed by atoms with Crippen LogP contribution in [0.5, 0.6) is 0 Å². The molecule has 0 aromatic heterocycles. The van der Waals surface area contributed by atoms with Crippen LogP contribution in [0.25, 0.3) is 0 Å². The predicted octanol–water partition coefficient (Wildman–Crippen LogP) is 4.98. The summed E-state index contributed by atoms with van der Waals surface area (Å²) >= 11 is 7.97. The molecule has 3 heteroatoms. The molecule has 0 aliphatic carbocycles. The van der Waals surface area contributed by atoms with Crippen LogP contribution in [-0.2, 0) is 6.54 Å². The molecule has 1 aromatic rings. The third-order valence-corrected chi connectivity index (χ3v) is 3.76. The van der Waals surface area contributed by atoms with Gasteiger partial charge >= 0.3 is 0 Å². The lowest BCUT2D eigenvalue weighted by atomic mass is 10.2. The van der Waals surface area contributed by atoms with Gasteiger partial charge in [-0.3, -0.25) is 0 Å². The fourth-order valence-electron chi connectivity index (χ4n) is 1.59. The molecule has 18 heavy (non-hydrogen) atoms. The molecular formula is C15H24ClNS. The van der Waals surface area contributed by atoms with E-state index in [4.69, 9.17) is 11.6 Å². The van der Waals surface area contributed by atoms with Gasteiger partial charge in [0.25, 0.3) is 0 Å². The summed E-state index contributed by atoms with van der Waals surface area (Å²) in [4.78, 5) is 1.28. The zero-order valence-electron chi connectivity index (χ0n) is 12.0. The van der Waals surface area contributed by atoms with Crippen molar-refractivity contribution in [1.29, 1.82) is 0 Å². The van der Waals surface area contributed by atoms with Crippen LogP contribution >= 0.6 is 23.4 Å². The van der Waals surface area contributed by atoms with E-state index in [9.17, 15) is 0 Å². The maximum atomic E-state index is 6.10. The summed E-state index contributed by atoms with van der Waals surface area (Å²) in [7, 11) is 0. The average molecular weight is 286 g/mol. The molecule has 0 bridgehead atoms. The van der Waals surface area contributed by atoms with E-state index in [1.165, 1.54) is 10.5 Å². The van der Waals surface area contributed by atoms with E-state index < -0.39 is 0 Å². The summed E-state index contributed by atoms with van der Waals surface area (Å²) in [5.74, 6) is 0.677. The van der Waals surface area contributed by atoms with Gasteiger partial charge in [0.15, 0.2) is 0 Å². The number of benzene rings is 1. The lowest BCUT2D eigenvalue weighted by Gasteiger charge is -2.20. The van der Waals surface area contributed by atoms with Crippen LogP contribution in [0.1, 0.15) is 40.2 Å². The monoisotopic (exact) mass is 285 g/mol. The van der Waals surface area contributed by atoms with E-state index in [2.05, 4.69) is 52.1 Å². The van der Waals surface area contributed by atoms with Gasteiger partial charge in [0, 0.05) is 21.2 Å². The van der Waals surface area contributed by atoms with Crippen LogP contribution in [0.2, 0.25) is 5.02 Å². The zero-order chi connectivity index (χ0) is 13.8. The summed E-state index contributed by atoms with van der Waals surface area (Å²) in [6.45, 7) is 13.1. The number of hydrogen-bond donors (Lipinski definition) is 1. The highest BCUT2D eigenvalue weighted by Crippen LogP contribution is 2.35. The van der Waals surface area contributed by atoms with Gasteiger partial charge in [-0.2, -0.15) is 0 Å². The van der Waals surface area contributed by atoms with Crippen LogP contribution in [0, 0.1) is 5.92 Å². The molecule has 0 radical (unpaired) electrons. The second-order valence-electron chi connectivity index (χ2n) is 5.99. The largest absolute Gasteiger partial charge is 0.312 e. The first-order valence-electron chi connectivity index (χ1n) is 6.46. The van der Waals surface area contributed by atoms with Crippen molar-refractivity contribution in [2.45, 2.75) is 50.8 Å². The molecule has 1 nitrogen and oxygen atoms in total. The molecule has 0 fully saturated rings. The van der Waals surface area contributed by atoms with E-state index in [-0.39, 0.29) is 4.75 Å². The predicted molar refractivity (Wildman–Crippen MR) is 83.6 cm³/mol. The Morgan fingerprint density at radius 1 is 1.28 bits per heavy atom. The van der Waals surface area contributed by atoms with Crippen LogP contribution in [0.15, 0.2) is 23.1 Å². The number of nitrogens with one attached hydrogen (secondary N) is 1. The van der Waals surface area contributed by atoms with Crippen molar-refractivity contribution in [2.24, 2.45) is 5.92 Å². The first-order valence-corrected chi connectivity index (χ1v) is 7.65. The molecule has 0 atom stereocenters. The fraction of sp³-hybridized carbons (Fsp3) is 0.600. The summed E-state index contributed by atoms with van der Waals surface area (Å²) in [5, 5.41) is 4.30. The van der Waals surface area contributed by atoms with Crippen LogP contribution < -0.4 is 5.32 Å². The molecule has 0 aliphatic rings. The SMILES string of the molecule is CC(C)CNCc1ccc(Cl)cc1SC(C)(C)C. The van der Waals surface area contributed by atoms with Crippen molar-refractivity contribution in [3.05, 3.63) is 28.8 Å². The average Bonchev–Trinajstić information content (AvgIpc) is 2.18. The van der Waals surface area contributed by atoms with Gasteiger partial charge in [-0.05, 0) is 30.2 Å². The molecule has 0 saturated carbocycles. The molecule has 0 heterocycles. The van der Waals surface area contributed by atoms with Crippen molar-refractivity contribution >= 4 is 23.4 Å². The Balaban J connectivity index is 2.76. The van der Waals surface area contributed by atoms with Gasteiger partial charge in [-0.25, -0.2) is 0 Å². The highest BCUT2D eigenvalue weighted by Gasteiger charge is 2.15. The topological polar surface area (TPSA) is 12.0 Å². The number of rotatable bonds is 5. The van der Waals surface area contributed by atoms with Crippen molar-refractivity contribution < 1.29 is 0 Å². The smallest absolute Gasteiger partial charge is 0.0417 e. The van der Waals surface area contributed by atoms with Crippen molar-refractivity contribution in [3.8, 4) is 0 Å². The number of hydrogen-bond acceptors (Lipinski definition) is 2. The Morgan fingerprint density at radius 3 is 2.50 bits per heavy atom. The lowest BCUT2D eigenvalue weighted by Crippen LogP contribution is -2.19. The second-order valence-corrected chi connectivity index (χ2v) is 8.30. The van der Waals surface area contributed by atoms with E-state index in [0.717, 1.165) is 18.1 Å². The molecule has 102 valence electrons. The van der Waals surface area contributed by atoms with Gasteiger partial charge in [0.1, 0.15) is 0 Å². The van der Waals surface area contributed by atoms with E-state index in [1.807, 2.05) is 17.8 Å². The zero-order valence-corrected chi connectivity index (χ0v) is 13.6. The molecule has 0 spiro atoms. The van der Waals surface area contributed by atoms with Crippen molar-refractivity contribution in [3.63, 3.8) is 0 Å². The molecule has 0 saturated heterocycles. The van der Waals surface area contributed by atoms with E-state index in [0.29, 0.717) is 5.92 Å². The maximum Gasteiger partial charge on any atom is 0.0417 e. The van der Waals surface area contributed by atoms with Crippen LogP contribution in [0.3, 0.4) is 0 Å². The molecular weight excluding hydrogens is 262 g/mol. The Hall–Kier alpha value is -0.180. The standard InChI is InChI=1S/C15H24ClNS/c1-11(2)9-17-10-12-6-7-13(16)8-14(12)18-15(3,4)5/h6-8,11,17H,9-10H2,1-5H3. The first-order chi connectivity index (χ1) is 8.28. The third kappa shape index (κ3) is 6.12. The third-order valence-electron chi connectivity index (χ3n) is 2.31. The molecule has 0 amide bonds. The van der Waals surface area contributed by atoms with Gasteiger partial charge in [0.2, 0.25) is 0 Å². The summed E-state index contributed by atoms with van der Waals surface area (Å²) in [5.41, 5.74) is 1.33. The van der Waals surface area contributed by atoms with E-state index in [1.54, 1.807) is 0 Å². The number of thioether (sulfide) groups is 1. The highest BCUT2D eigenvalue weighted by atomic mass is 35.5. The molecule has 0 aliphatic heterocycles. The van der Waals surface area contributed by atoms with Gasteiger partial charge in [-0.1, -0.05) is 52.3 Å².